The second kappa shape index (κ2) is 6.65. The minimum atomic E-state index is 0.173. The maximum absolute atomic E-state index is 6.61. The fraction of sp³-hybridized carbons (Fsp3) is 0.316. The van der Waals surface area contributed by atoms with Gasteiger partial charge < -0.3 is 21.4 Å². The molecule has 0 spiro atoms. The molecular formula is C19H20ClN7S. The van der Waals surface area contributed by atoms with Gasteiger partial charge in [-0.3, -0.25) is 4.99 Å². The molecule has 1 saturated heterocycles. The van der Waals surface area contributed by atoms with Gasteiger partial charge in [0.2, 0.25) is 0 Å². The third kappa shape index (κ3) is 2.83. The molecule has 9 heteroatoms. The van der Waals surface area contributed by atoms with Crippen LogP contribution in [0.1, 0.15) is 23.7 Å². The van der Waals surface area contributed by atoms with Crippen LogP contribution in [0, 0.1) is 0 Å². The lowest BCUT2D eigenvalue weighted by molar-refractivity contribution is 0.514. The molecule has 28 heavy (non-hydrogen) atoms. The van der Waals surface area contributed by atoms with Crippen molar-refractivity contribution in [2.75, 3.05) is 18.0 Å². The summed E-state index contributed by atoms with van der Waals surface area (Å²) in [6.07, 6.45) is 0.808. The zero-order chi connectivity index (χ0) is 19.4. The maximum atomic E-state index is 6.61. The van der Waals surface area contributed by atoms with Crippen LogP contribution in [-0.4, -0.2) is 39.9 Å². The Morgan fingerprint density at radius 1 is 1.32 bits per heavy atom. The van der Waals surface area contributed by atoms with Crippen LogP contribution in [0.25, 0.3) is 11.0 Å². The molecule has 0 atom stereocenters. The maximum Gasteiger partial charge on any atom is 0.196 e. The van der Waals surface area contributed by atoms with Gasteiger partial charge in [-0.25, -0.2) is 9.97 Å². The van der Waals surface area contributed by atoms with Gasteiger partial charge in [-0.15, -0.1) is 0 Å². The van der Waals surface area contributed by atoms with Gasteiger partial charge in [0.15, 0.2) is 5.16 Å². The predicted octanol–water partition coefficient (Wildman–Crippen LogP) is 2.69. The van der Waals surface area contributed by atoms with E-state index in [1.165, 1.54) is 11.8 Å². The minimum absolute atomic E-state index is 0.173. The van der Waals surface area contributed by atoms with E-state index in [4.69, 9.17) is 33.0 Å². The quantitative estimate of drug-likeness (QED) is 0.567. The van der Waals surface area contributed by atoms with E-state index >= 15 is 0 Å². The van der Waals surface area contributed by atoms with Gasteiger partial charge in [0.1, 0.15) is 17.3 Å². The van der Waals surface area contributed by atoms with Crippen LogP contribution in [0.5, 0.6) is 0 Å². The number of hydrogen-bond donors (Lipinski definition) is 3. The number of halogens is 1. The van der Waals surface area contributed by atoms with Gasteiger partial charge in [0.25, 0.3) is 0 Å². The predicted molar refractivity (Wildman–Crippen MR) is 113 cm³/mol. The highest BCUT2D eigenvalue weighted by Crippen LogP contribution is 2.38. The number of aromatic amines is 1. The van der Waals surface area contributed by atoms with E-state index in [0.29, 0.717) is 22.6 Å². The summed E-state index contributed by atoms with van der Waals surface area (Å²) < 4.78 is 0. The molecule has 0 unspecified atom stereocenters. The molecule has 4 heterocycles. The summed E-state index contributed by atoms with van der Waals surface area (Å²) in [5.41, 5.74) is 15.8. The lowest BCUT2D eigenvalue weighted by atomic mass is 10.1. The van der Waals surface area contributed by atoms with Crippen molar-refractivity contribution in [1.82, 2.24) is 15.0 Å². The molecule has 0 saturated carbocycles. The third-order valence-electron chi connectivity index (χ3n) is 5.17. The minimum Gasteiger partial charge on any atom is -0.383 e. The Kier molecular flexibility index (Phi) is 4.22. The van der Waals surface area contributed by atoms with Crippen molar-refractivity contribution in [3.63, 3.8) is 0 Å². The Labute approximate surface area is 171 Å². The zero-order valence-electron chi connectivity index (χ0n) is 15.4. The van der Waals surface area contributed by atoms with E-state index < -0.39 is 0 Å². The average Bonchev–Trinajstić information content (AvgIpc) is 3.18. The van der Waals surface area contributed by atoms with E-state index in [9.17, 15) is 0 Å². The van der Waals surface area contributed by atoms with Gasteiger partial charge in [0.05, 0.1) is 17.0 Å². The number of nitrogens with two attached hydrogens (primary N) is 2. The molecule has 1 fully saturated rings. The third-order valence-corrected chi connectivity index (χ3v) is 6.44. The Morgan fingerprint density at radius 2 is 2.14 bits per heavy atom. The molecule has 0 bridgehead atoms. The number of rotatable bonds is 4. The molecule has 1 aromatic carbocycles. The number of fused-ring (bicyclic) bond motifs is 2. The van der Waals surface area contributed by atoms with Crippen LogP contribution in [0.4, 0.5) is 5.82 Å². The summed E-state index contributed by atoms with van der Waals surface area (Å²) in [7, 11) is 0. The average molecular weight is 414 g/mol. The van der Waals surface area contributed by atoms with Gasteiger partial charge in [-0.2, -0.15) is 0 Å². The first-order valence-corrected chi connectivity index (χ1v) is 10.4. The van der Waals surface area contributed by atoms with Gasteiger partial charge in [-0.05, 0) is 41.9 Å². The molecule has 3 aromatic rings. The first-order valence-electron chi connectivity index (χ1n) is 9.23. The second-order valence-corrected chi connectivity index (χ2v) is 8.53. The number of amidine groups is 1. The van der Waals surface area contributed by atoms with Crippen LogP contribution in [0.2, 0.25) is 5.02 Å². The molecule has 0 amide bonds. The molecule has 2 aliphatic rings. The van der Waals surface area contributed by atoms with Crippen molar-refractivity contribution < 1.29 is 0 Å². The largest absolute Gasteiger partial charge is 0.383 e. The lowest BCUT2D eigenvalue weighted by Crippen LogP contribution is -2.56. The number of nitrogens with zero attached hydrogens (tertiary/aromatic N) is 4. The van der Waals surface area contributed by atoms with Crippen molar-refractivity contribution >= 4 is 46.0 Å². The molecule has 0 radical (unpaired) electrons. The van der Waals surface area contributed by atoms with E-state index in [1.807, 2.05) is 12.1 Å². The first-order chi connectivity index (χ1) is 13.5. The van der Waals surface area contributed by atoms with Crippen LogP contribution >= 0.6 is 23.4 Å². The number of aryl methyl sites for hydroxylation is 1. The van der Waals surface area contributed by atoms with E-state index in [-0.39, 0.29) is 6.04 Å². The SMILES string of the molecule is CCc1[nH]c2nc(Sc3ccc4c(c3)CN=C4N)nc(N3CC(N)C3)c2c1Cl. The highest BCUT2D eigenvalue weighted by Gasteiger charge is 2.29. The number of anilines is 1. The number of benzene rings is 1. The molecular weight excluding hydrogens is 394 g/mol. The summed E-state index contributed by atoms with van der Waals surface area (Å²) in [5.74, 6) is 1.46. The lowest BCUT2D eigenvalue weighted by Gasteiger charge is -2.38. The molecule has 2 aromatic heterocycles. The normalized spacial score (nSPS) is 16.4. The van der Waals surface area contributed by atoms with E-state index in [1.54, 1.807) is 0 Å². The monoisotopic (exact) mass is 413 g/mol. The van der Waals surface area contributed by atoms with E-state index in [2.05, 4.69) is 27.9 Å². The van der Waals surface area contributed by atoms with E-state index in [0.717, 1.165) is 58.1 Å². The van der Waals surface area contributed by atoms with Crippen molar-refractivity contribution in [3.8, 4) is 0 Å². The molecule has 7 nitrogen and oxygen atoms in total. The fourth-order valence-electron chi connectivity index (χ4n) is 3.65. The Bertz CT molecular complexity index is 1120. The summed E-state index contributed by atoms with van der Waals surface area (Å²) in [5, 5.41) is 2.26. The topological polar surface area (TPSA) is 109 Å². The molecule has 2 aliphatic heterocycles. The van der Waals surface area contributed by atoms with Gasteiger partial charge in [-0.1, -0.05) is 18.5 Å². The Balaban J connectivity index is 1.55. The summed E-state index contributed by atoms with van der Waals surface area (Å²) in [6.45, 7) is 4.24. The smallest absolute Gasteiger partial charge is 0.196 e. The first kappa shape index (κ1) is 17.8. The fourth-order valence-corrected chi connectivity index (χ4v) is 4.82. The van der Waals surface area contributed by atoms with Crippen molar-refractivity contribution in [3.05, 3.63) is 40.0 Å². The molecule has 5 N–H and O–H groups in total. The molecule has 0 aliphatic carbocycles. The van der Waals surface area contributed by atoms with Gasteiger partial charge in [0, 0.05) is 35.3 Å². The molecule has 5 rings (SSSR count). The summed E-state index contributed by atoms with van der Waals surface area (Å²) in [4.78, 5) is 20.4. The molecule has 144 valence electrons. The number of H-pyrrole nitrogens is 1. The van der Waals surface area contributed by atoms with Gasteiger partial charge >= 0.3 is 0 Å². The number of nitrogens with one attached hydrogen (secondary N) is 1. The number of aromatic nitrogens is 3. The zero-order valence-corrected chi connectivity index (χ0v) is 16.9. The summed E-state index contributed by atoms with van der Waals surface area (Å²) in [6, 6.07) is 6.32. The van der Waals surface area contributed by atoms with Crippen molar-refractivity contribution in [2.24, 2.45) is 16.5 Å². The number of aliphatic imine (C=N–C) groups is 1. The Morgan fingerprint density at radius 3 is 2.89 bits per heavy atom. The Hall–Kier alpha value is -2.29. The van der Waals surface area contributed by atoms with Crippen molar-refractivity contribution in [2.45, 2.75) is 36.0 Å². The van der Waals surface area contributed by atoms with Crippen LogP contribution in [-0.2, 0) is 13.0 Å². The van der Waals surface area contributed by atoms with Crippen molar-refractivity contribution in [1.29, 1.82) is 0 Å². The standard InChI is InChI=1S/C19H20ClN7S/c1-2-13-15(20)14-17(24-13)25-19(26-18(14)27-7-10(21)8-27)28-11-3-4-12-9(5-11)6-23-16(12)22/h3-5,10H,2,6-8,21H2,1H3,(H2,22,23)(H,24,25,26). The van der Waals surface area contributed by atoms with Crippen LogP contribution in [0.15, 0.2) is 33.2 Å². The highest BCUT2D eigenvalue weighted by molar-refractivity contribution is 7.99. The summed E-state index contributed by atoms with van der Waals surface area (Å²) >= 11 is 8.14. The number of hydrogen-bond acceptors (Lipinski definition) is 7. The second-order valence-electron chi connectivity index (χ2n) is 7.11. The van der Waals surface area contributed by atoms with Crippen LogP contribution in [0.3, 0.4) is 0 Å². The highest BCUT2D eigenvalue weighted by atomic mass is 35.5. The van der Waals surface area contributed by atoms with Crippen LogP contribution < -0.4 is 16.4 Å².